The molecule has 0 aliphatic carbocycles. The highest BCUT2D eigenvalue weighted by Crippen LogP contribution is 2.23. The zero-order valence-electron chi connectivity index (χ0n) is 18.9. The third kappa shape index (κ3) is 5.72. The molecule has 0 atom stereocenters. The van der Waals surface area contributed by atoms with E-state index in [-0.39, 0.29) is 11.5 Å². The van der Waals surface area contributed by atoms with E-state index in [1.165, 1.54) is 0 Å². The molecule has 2 aromatic carbocycles. The highest BCUT2D eigenvalue weighted by Gasteiger charge is 2.20. The molecule has 1 aromatic heterocycles. The zero-order valence-corrected chi connectivity index (χ0v) is 19.6. The van der Waals surface area contributed by atoms with Gasteiger partial charge >= 0.3 is 0 Å². The summed E-state index contributed by atoms with van der Waals surface area (Å²) in [5.41, 5.74) is 1.68. The van der Waals surface area contributed by atoms with E-state index in [0.29, 0.717) is 55.2 Å². The number of para-hydroxylation sites is 2. The summed E-state index contributed by atoms with van der Waals surface area (Å²) >= 11 is 6.12. The van der Waals surface area contributed by atoms with E-state index < -0.39 is 0 Å². The van der Waals surface area contributed by atoms with Gasteiger partial charge in [0, 0.05) is 45.7 Å². The summed E-state index contributed by atoms with van der Waals surface area (Å²) in [6.45, 7) is 6.86. The van der Waals surface area contributed by atoms with Crippen LogP contribution in [0.2, 0.25) is 5.02 Å². The van der Waals surface area contributed by atoms with Gasteiger partial charge in [0.1, 0.15) is 12.4 Å². The second-order valence-electron chi connectivity index (χ2n) is 8.32. The lowest BCUT2D eigenvalue weighted by Crippen LogP contribution is -2.49. The van der Waals surface area contributed by atoms with Gasteiger partial charge in [0.25, 0.3) is 5.56 Å². The van der Waals surface area contributed by atoms with Crippen LogP contribution >= 0.6 is 11.6 Å². The van der Waals surface area contributed by atoms with Crippen LogP contribution in [0.15, 0.2) is 53.6 Å². The van der Waals surface area contributed by atoms with Gasteiger partial charge in [-0.2, -0.15) is 0 Å². The van der Waals surface area contributed by atoms with E-state index >= 15 is 0 Å². The normalized spacial score (nSPS) is 14.5. The van der Waals surface area contributed by atoms with Crippen molar-refractivity contribution in [2.75, 3.05) is 39.3 Å². The summed E-state index contributed by atoms with van der Waals surface area (Å²) in [6.07, 6.45) is 2.63. The van der Waals surface area contributed by atoms with Crippen molar-refractivity contribution in [2.24, 2.45) is 0 Å². The molecule has 1 aliphatic rings. The van der Waals surface area contributed by atoms with Crippen LogP contribution in [0, 0.1) is 6.92 Å². The maximum absolute atomic E-state index is 12.7. The molecule has 4 rings (SSSR count). The summed E-state index contributed by atoms with van der Waals surface area (Å²) in [5.74, 6) is 0.837. The Morgan fingerprint density at radius 1 is 1.06 bits per heavy atom. The number of ether oxygens (including phenoxy) is 1. The first kappa shape index (κ1) is 23.3. The maximum atomic E-state index is 12.7. The second-order valence-corrected chi connectivity index (χ2v) is 8.73. The Bertz CT molecular complexity index is 1170. The van der Waals surface area contributed by atoms with Gasteiger partial charge in [-0.3, -0.25) is 19.1 Å². The summed E-state index contributed by atoms with van der Waals surface area (Å²) < 4.78 is 7.37. The van der Waals surface area contributed by atoms with Gasteiger partial charge in [-0.05, 0) is 37.1 Å². The number of hydrogen-bond acceptors (Lipinski definition) is 5. The van der Waals surface area contributed by atoms with Crippen LogP contribution in [0.4, 0.5) is 0 Å². The van der Waals surface area contributed by atoms with E-state index in [9.17, 15) is 9.59 Å². The fourth-order valence-electron chi connectivity index (χ4n) is 4.12. The van der Waals surface area contributed by atoms with E-state index in [1.54, 1.807) is 17.0 Å². The number of hydrogen-bond donors (Lipinski definition) is 0. The molecule has 0 N–H and O–H groups in total. The van der Waals surface area contributed by atoms with Crippen LogP contribution < -0.4 is 10.3 Å². The molecule has 0 saturated carbocycles. The zero-order chi connectivity index (χ0) is 23.2. The third-order valence-electron chi connectivity index (χ3n) is 6.07. The first-order valence-corrected chi connectivity index (χ1v) is 11.7. The minimum absolute atomic E-state index is 0.0521. The number of amides is 1. The fraction of sp³-hybridized carbons (Fsp3) is 0.400. The van der Waals surface area contributed by atoms with Crippen LogP contribution in [0.25, 0.3) is 10.9 Å². The number of rotatable bonds is 8. The van der Waals surface area contributed by atoms with Crippen LogP contribution in [0.5, 0.6) is 5.75 Å². The van der Waals surface area contributed by atoms with Crippen molar-refractivity contribution in [3.05, 3.63) is 69.7 Å². The molecule has 1 aliphatic heterocycles. The van der Waals surface area contributed by atoms with Crippen molar-refractivity contribution < 1.29 is 9.53 Å². The van der Waals surface area contributed by atoms with Crippen molar-refractivity contribution in [3.63, 3.8) is 0 Å². The van der Waals surface area contributed by atoms with Gasteiger partial charge in [0.2, 0.25) is 5.91 Å². The summed E-state index contributed by atoms with van der Waals surface area (Å²) in [6, 6.07) is 13.1. The predicted molar refractivity (Wildman–Crippen MR) is 130 cm³/mol. The number of piperazine rings is 1. The standard InChI is InChI=1S/C25H29ClN4O3/c1-19-6-4-7-20-24(19)27-18-30(25(20)32)11-5-10-23(31)29-14-12-28(13-15-29)16-17-33-22-9-3-2-8-21(22)26/h2-4,6-9,18H,5,10-17H2,1H3. The van der Waals surface area contributed by atoms with Crippen LogP contribution in [0.1, 0.15) is 18.4 Å². The van der Waals surface area contributed by atoms with E-state index in [4.69, 9.17) is 16.3 Å². The molecule has 8 heteroatoms. The topological polar surface area (TPSA) is 67.7 Å². The third-order valence-corrected chi connectivity index (χ3v) is 6.38. The predicted octanol–water partition coefficient (Wildman–Crippen LogP) is 3.36. The molecule has 1 saturated heterocycles. The van der Waals surface area contributed by atoms with Crippen molar-refractivity contribution in [1.82, 2.24) is 19.4 Å². The number of halogens is 1. The van der Waals surface area contributed by atoms with E-state index in [0.717, 1.165) is 30.7 Å². The molecule has 0 radical (unpaired) electrons. The van der Waals surface area contributed by atoms with Crippen molar-refractivity contribution in [3.8, 4) is 5.75 Å². The lowest BCUT2D eigenvalue weighted by Gasteiger charge is -2.34. The molecule has 174 valence electrons. The highest BCUT2D eigenvalue weighted by molar-refractivity contribution is 6.32. The molecule has 7 nitrogen and oxygen atoms in total. The average molecular weight is 469 g/mol. The molecule has 0 spiro atoms. The number of aromatic nitrogens is 2. The van der Waals surface area contributed by atoms with Gasteiger partial charge in [-0.15, -0.1) is 0 Å². The largest absolute Gasteiger partial charge is 0.491 e. The second kappa shape index (κ2) is 10.8. The maximum Gasteiger partial charge on any atom is 0.261 e. The lowest BCUT2D eigenvalue weighted by atomic mass is 10.1. The van der Waals surface area contributed by atoms with Gasteiger partial charge in [0.15, 0.2) is 0 Å². The molecule has 0 bridgehead atoms. The average Bonchev–Trinajstić information content (AvgIpc) is 2.82. The molecule has 2 heterocycles. The number of carbonyl (C=O) groups excluding carboxylic acids is 1. The number of nitrogens with zero attached hydrogens (tertiary/aromatic N) is 4. The Balaban J connectivity index is 1.19. The molecule has 1 fully saturated rings. The number of fused-ring (bicyclic) bond motifs is 1. The number of benzene rings is 2. The van der Waals surface area contributed by atoms with Gasteiger partial charge < -0.3 is 9.64 Å². The van der Waals surface area contributed by atoms with Crippen molar-refractivity contribution in [1.29, 1.82) is 0 Å². The van der Waals surface area contributed by atoms with E-state index in [2.05, 4.69) is 9.88 Å². The Kier molecular flexibility index (Phi) is 7.62. The van der Waals surface area contributed by atoms with Crippen molar-refractivity contribution in [2.45, 2.75) is 26.3 Å². The summed E-state index contributed by atoms with van der Waals surface area (Å²) in [4.78, 5) is 34.0. The molecule has 0 unspecified atom stereocenters. The molecular weight excluding hydrogens is 440 g/mol. The highest BCUT2D eigenvalue weighted by atomic mass is 35.5. The first-order valence-electron chi connectivity index (χ1n) is 11.3. The summed E-state index contributed by atoms with van der Waals surface area (Å²) in [7, 11) is 0. The molecule has 3 aromatic rings. The summed E-state index contributed by atoms with van der Waals surface area (Å²) in [5, 5.41) is 1.24. The fourth-order valence-corrected chi connectivity index (χ4v) is 4.31. The molecular formula is C25H29ClN4O3. The molecule has 1 amide bonds. The van der Waals surface area contributed by atoms with Crippen LogP contribution in [0.3, 0.4) is 0 Å². The Morgan fingerprint density at radius 2 is 1.85 bits per heavy atom. The SMILES string of the molecule is Cc1cccc2c(=O)n(CCCC(=O)N3CCN(CCOc4ccccc4Cl)CC3)cnc12. The lowest BCUT2D eigenvalue weighted by molar-refractivity contribution is -0.133. The Morgan fingerprint density at radius 3 is 2.64 bits per heavy atom. The molecule has 33 heavy (non-hydrogen) atoms. The minimum Gasteiger partial charge on any atom is -0.491 e. The van der Waals surface area contributed by atoms with Crippen LogP contribution in [-0.2, 0) is 11.3 Å². The van der Waals surface area contributed by atoms with Gasteiger partial charge in [-0.1, -0.05) is 35.9 Å². The number of aryl methyl sites for hydroxylation is 2. The van der Waals surface area contributed by atoms with E-state index in [1.807, 2.05) is 48.2 Å². The Labute approximate surface area is 198 Å². The quantitative estimate of drug-likeness (QED) is 0.507. The minimum atomic E-state index is -0.0521. The monoisotopic (exact) mass is 468 g/mol. The van der Waals surface area contributed by atoms with Gasteiger partial charge in [0.05, 0.1) is 22.3 Å². The Hall–Kier alpha value is -2.90. The smallest absolute Gasteiger partial charge is 0.261 e. The first-order chi connectivity index (χ1) is 16.0. The van der Waals surface area contributed by atoms with Crippen LogP contribution in [-0.4, -0.2) is 64.6 Å². The van der Waals surface area contributed by atoms with Crippen molar-refractivity contribution >= 4 is 28.4 Å². The van der Waals surface area contributed by atoms with Gasteiger partial charge in [-0.25, -0.2) is 4.98 Å². The number of carbonyl (C=O) groups is 1.